The Morgan fingerprint density at radius 1 is 1.13 bits per heavy atom. The van der Waals surface area contributed by atoms with E-state index in [0.717, 1.165) is 43.8 Å². The van der Waals surface area contributed by atoms with E-state index in [1.54, 1.807) is 0 Å². The quantitative estimate of drug-likeness (QED) is 0.653. The van der Waals surface area contributed by atoms with Crippen LogP contribution < -0.4 is 0 Å². The van der Waals surface area contributed by atoms with Crippen molar-refractivity contribution in [2.24, 2.45) is 34.5 Å². The van der Waals surface area contributed by atoms with E-state index in [1.807, 2.05) is 0 Å². The molecule has 0 bridgehead atoms. The fraction of sp³-hybridized carbons (Fsp3) is 0.905. The molecule has 3 aliphatic rings. The highest BCUT2D eigenvalue weighted by Gasteiger charge is 2.57. The van der Waals surface area contributed by atoms with Crippen LogP contribution in [0, 0.1) is 34.5 Å². The Balaban J connectivity index is 1.86. The van der Waals surface area contributed by atoms with Crippen LogP contribution in [0.5, 0.6) is 0 Å². The first-order valence-corrected chi connectivity index (χ1v) is 9.93. The predicted molar refractivity (Wildman–Crippen MR) is 93.1 cm³/mol. The van der Waals surface area contributed by atoms with Crippen molar-refractivity contribution in [2.45, 2.75) is 85.0 Å². The number of aldehydes is 1. The molecule has 0 aromatic carbocycles. The zero-order valence-corrected chi connectivity index (χ0v) is 15.3. The first-order chi connectivity index (χ1) is 11.0. The molecule has 0 N–H and O–H groups in total. The van der Waals surface area contributed by atoms with Crippen LogP contribution in [-0.2, 0) is 9.59 Å². The van der Waals surface area contributed by atoms with Gasteiger partial charge in [0, 0.05) is 18.3 Å². The second kappa shape index (κ2) is 6.33. The van der Waals surface area contributed by atoms with Gasteiger partial charge in [0.2, 0.25) is 0 Å². The highest BCUT2D eigenvalue weighted by atomic mass is 16.1. The molecule has 3 aliphatic carbocycles. The third kappa shape index (κ3) is 2.70. The lowest BCUT2D eigenvalue weighted by Gasteiger charge is -2.56. The summed E-state index contributed by atoms with van der Waals surface area (Å²) in [4.78, 5) is 23.7. The summed E-state index contributed by atoms with van der Waals surface area (Å²) >= 11 is 0. The Bertz CT molecular complexity index is 470. The molecule has 0 aliphatic heterocycles. The number of fused-ring (bicyclic) bond motifs is 3. The minimum atomic E-state index is -0.0190. The Labute approximate surface area is 141 Å². The number of carbonyl (C=O) groups is 2. The van der Waals surface area contributed by atoms with Crippen molar-refractivity contribution in [2.75, 3.05) is 0 Å². The zero-order chi connectivity index (χ0) is 16.7. The van der Waals surface area contributed by atoms with Gasteiger partial charge in [0.15, 0.2) is 0 Å². The predicted octanol–water partition coefficient (Wildman–Crippen LogP) is 5.19. The Morgan fingerprint density at radius 3 is 2.57 bits per heavy atom. The van der Waals surface area contributed by atoms with Crippen molar-refractivity contribution in [3.05, 3.63) is 0 Å². The van der Waals surface area contributed by atoms with Gasteiger partial charge in [-0.1, -0.05) is 33.6 Å². The summed E-state index contributed by atoms with van der Waals surface area (Å²) in [5.41, 5.74) is 0.184. The van der Waals surface area contributed by atoms with Gasteiger partial charge in [0.05, 0.1) is 0 Å². The van der Waals surface area contributed by atoms with E-state index in [4.69, 9.17) is 0 Å². The molecule has 6 atom stereocenters. The number of rotatable bonds is 5. The number of ketones is 1. The molecule has 130 valence electrons. The maximum Gasteiger partial charge on any atom is 0.139 e. The second-order valence-electron chi connectivity index (χ2n) is 9.16. The van der Waals surface area contributed by atoms with Crippen molar-refractivity contribution >= 4 is 12.1 Å². The minimum Gasteiger partial charge on any atom is -0.303 e. The normalized spacial score (nSPS) is 46.3. The lowest BCUT2D eigenvalue weighted by Crippen LogP contribution is -2.50. The van der Waals surface area contributed by atoms with E-state index < -0.39 is 0 Å². The zero-order valence-electron chi connectivity index (χ0n) is 15.3. The number of carbonyl (C=O) groups excluding carboxylic acids is 2. The summed E-state index contributed by atoms with van der Waals surface area (Å²) in [5, 5.41) is 0. The maximum atomic E-state index is 12.4. The lowest BCUT2D eigenvalue weighted by molar-refractivity contribution is -0.135. The molecule has 0 spiro atoms. The molecule has 0 aromatic heterocycles. The highest BCUT2D eigenvalue weighted by molar-refractivity contribution is 5.87. The van der Waals surface area contributed by atoms with Gasteiger partial charge in [-0.3, -0.25) is 4.79 Å². The van der Waals surface area contributed by atoms with E-state index in [2.05, 4.69) is 20.8 Å². The van der Waals surface area contributed by atoms with Gasteiger partial charge in [-0.2, -0.15) is 0 Å². The first kappa shape index (κ1) is 17.2. The van der Waals surface area contributed by atoms with Gasteiger partial charge in [-0.15, -0.1) is 0 Å². The fourth-order valence-electron chi connectivity index (χ4n) is 6.63. The SMILES string of the molecule is CCCCC1C2CCC3(C)C(=O)CCC3C2CCC1(C)CC=O. The summed E-state index contributed by atoms with van der Waals surface area (Å²) in [6.45, 7) is 6.89. The van der Waals surface area contributed by atoms with Crippen molar-refractivity contribution in [3.8, 4) is 0 Å². The van der Waals surface area contributed by atoms with Crippen molar-refractivity contribution in [1.29, 1.82) is 0 Å². The summed E-state index contributed by atoms with van der Waals surface area (Å²) in [7, 11) is 0. The summed E-state index contributed by atoms with van der Waals surface area (Å²) in [6.07, 6.45) is 12.4. The summed E-state index contributed by atoms with van der Waals surface area (Å²) in [6, 6.07) is 0. The van der Waals surface area contributed by atoms with Crippen LogP contribution in [0.2, 0.25) is 0 Å². The maximum absolute atomic E-state index is 12.4. The van der Waals surface area contributed by atoms with Crippen molar-refractivity contribution in [3.63, 3.8) is 0 Å². The number of Topliss-reactive ketones (excluding diaryl/α,β-unsaturated/α-hetero) is 1. The fourth-order valence-corrected chi connectivity index (χ4v) is 6.63. The van der Waals surface area contributed by atoms with E-state index in [-0.39, 0.29) is 10.8 Å². The van der Waals surface area contributed by atoms with Gasteiger partial charge < -0.3 is 4.79 Å². The molecule has 2 nitrogen and oxygen atoms in total. The van der Waals surface area contributed by atoms with Gasteiger partial charge in [-0.25, -0.2) is 0 Å². The van der Waals surface area contributed by atoms with Crippen LogP contribution in [0.3, 0.4) is 0 Å². The second-order valence-corrected chi connectivity index (χ2v) is 9.16. The summed E-state index contributed by atoms with van der Waals surface area (Å²) in [5.74, 6) is 3.34. The lowest BCUT2D eigenvalue weighted by atomic mass is 9.48. The van der Waals surface area contributed by atoms with Crippen LogP contribution in [0.1, 0.15) is 85.0 Å². The average molecular weight is 319 g/mol. The van der Waals surface area contributed by atoms with Crippen LogP contribution in [0.25, 0.3) is 0 Å². The molecule has 0 saturated heterocycles. The first-order valence-electron chi connectivity index (χ1n) is 9.93. The smallest absolute Gasteiger partial charge is 0.139 e. The molecular weight excluding hydrogens is 284 g/mol. The molecule has 3 fully saturated rings. The number of unbranched alkanes of at least 4 members (excludes halogenated alkanes) is 1. The van der Waals surface area contributed by atoms with E-state index in [0.29, 0.717) is 17.6 Å². The van der Waals surface area contributed by atoms with Crippen LogP contribution >= 0.6 is 0 Å². The highest BCUT2D eigenvalue weighted by Crippen LogP contribution is 2.63. The molecule has 6 unspecified atom stereocenters. The molecule has 0 heterocycles. The van der Waals surface area contributed by atoms with E-state index in [1.165, 1.54) is 38.5 Å². The standard InChI is InChI=1S/C21H34O2/c1-4-5-6-17-15-10-12-21(3)18(7-8-19(21)23)16(15)9-11-20(17,2)13-14-22/h14-18H,4-13H2,1-3H3. The van der Waals surface area contributed by atoms with Crippen LogP contribution in [0.4, 0.5) is 0 Å². The van der Waals surface area contributed by atoms with Gasteiger partial charge in [0.25, 0.3) is 0 Å². The van der Waals surface area contributed by atoms with Gasteiger partial charge >= 0.3 is 0 Å². The van der Waals surface area contributed by atoms with E-state index >= 15 is 0 Å². The molecule has 0 amide bonds. The topological polar surface area (TPSA) is 34.1 Å². The molecule has 3 saturated carbocycles. The molecular formula is C21H34O2. The van der Waals surface area contributed by atoms with E-state index in [9.17, 15) is 9.59 Å². The molecule has 0 aromatic rings. The van der Waals surface area contributed by atoms with Gasteiger partial charge in [0.1, 0.15) is 12.1 Å². The van der Waals surface area contributed by atoms with Crippen molar-refractivity contribution in [1.82, 2.24) is 0 Å². The van der Waals surface area contributed by atoms with Crippen molar-refractivity contribution < 1.29 is 9.59 Å². The van der Waals surface area contributed by atoms with Crippen LogP contribution in [-0.4, -0.2) is 12.1 Å². The molecule has 2 heteroatoms. The molecule has 3 rings (SSSR count). The third-order valence-corrected chi connectivity index (χ3v) is 8.08. The largest absolute Gasteiger partial charge is 0.303 e. The van der Waals surface area contributed by atoms with Crippen LogP contribution in [0.15, 0.2) is 0 Å². The Kier molecular flexibility index (Phi) is 4.73. The Hall–Kier alpha value is -0.660. The Morgan fingerprint density at radius 2 is 1.87 bits per heavy atom. The number of hydrogen-bond donors (Lipinski definition) is 0. The number of hydrogen-bond acceptors (Lipinski definition) is 2. The monoisotopic (exact) mass is 318 g/mol. The minimum absolute atomic E-state index is 0.0190. The molecule has 23 heavy (non-hydrogen) atoms. The summed E-state index contributed by atoms with van der Waals surface area (Å²) < 4.78 is 0. The third-order valence-electron chi connectivity index (χ3n) is 8.08. The van der Waals surface area contributed by atoms with Gasteiger partial charge in [-0.05, 0) is 67.6 Å². The molecule has 0 radical (unpaired) electrons. The average Bonchev–Trinajstić information content (AvgIpc) is 2.82.